The maximum atomic E-state index is 13.2. The van der Waals surface area contributed by atoms with Crippen LogP contribution in [-0.2, 0) is 17.8 Å². The number of aromatic nitrogens is 2. The van der Waals surface area contributed by atoms with Gasteiger partial charge in [0.15, 0.2) is 0 Å². The first-order valence-electron chi connectivity index (χ1n) is 9.40. The Labute approximate surface area is 163 Å². The topological polar surface area (TPSA) is 67.2 Å². The minimum atomic E-state index is -0.501. The third kappa shape index (κ3) is 3.96. The van der Waals surface area contributed by atoms with Crippen molar-refractivity contribution in [3.8, 4) is 0 Å². The number of carbonyl (C=O) groups excluding carboxylic acids is 2. The maximum Gasteiger partial charge on any atom is 0.254 e. The lowest BCUT2D eigenvalue weighted by Crippen LogP contribution is -2.58. The van der Waals surface area contributed by atoms with E-state index in [1.807, 2.05) is 65.5 Å². The number of rotatable bonds is 5. The smallest absolute Gasteiger partial charge is 0.254 e. The third-order valence-electron chi connectivity index (χ3n) is 4.94. The van der Waals surface area contributed by atoms with Crippen molar-refractivity contribution < 1.29 is 9.59 Å². The summed E-state index contributed by atoms with van der Waals surface area (Å²) in [4.78, 5) is 27.4. The predicted octanol–water partition coefficient (Wildman–Crippen LogP) is 2.11. The van der Waals surface area contributed by atoms with Crippen LogP contribution in [0.15, 0.2) is 73.1 Å². The molecular formula is C22H22N4O2. The predicted molar refractivity (Wildman–Crippen MR) is 106 cm³/mol. The van der Waals surface area contributed by atoms with Gasteiger partial charge in [-0.25, -0.2) is 0 Å². The largest absolute Gasteiger partial charge is 0.353 e. The Balaban J connectivity index is 1.55. The van der Waals surface area contributed by atoms with E-state index in [0.29, 0.717) is 31.6 Å². The molecular weight excluding hydrogens is 352 g/mol. The van der Waals surface area contributed by atoms with Crippen LogP contribution in [-0.4, -0.2) is 45.6 Å². The van der Waals surface area contributed by atoms with Gasteiger partial charge in [0.2, 0.25) is 5.91 Å². The lowest BCUT2D eigenvalue weighted by Gasteiger charge is -2.35. The quantitative estimate of drug-likeness (QED) is 0.744. The van der Waals surface area contributed by atoms with Crippen LogP contribution in [0.4, 0.5) is 0 Å². The van der Waals surface area contributed by atoms with Crippen LogP contribution in [0.25, 0.3) is 0 Å². The van der Waals surface area contributed by atoms with Crippen molar-refractivity contribution in [1.82, 2.24) is 20.0 Å². The number of carbonyl (C=O) groups is 2. The molecule has 3 aromatic rings. The van der Waals surface area contributed by atoms with E-state index in [0.717, 1.165) is 11.1 Å². The summed E-state index contributed by atoms with van der Waals surface area (Å²) in [6, 6.07) is 18.7. The van der Waals surface area contributed by atoms with Gasteiger partial charge in [-0.05, 0) is 29.3 Å². The number of hydrogen-bond acceptors (Lipinski definition) is 3. The van der Waals surface area contributed by atoms with Gasteiger partial charge < -0.3 is 10.2 Å². The zero-order chi connectivity index (χ0) is 19.3. The van der Waals surface area contributed by atoms with Gasteiger partial charge in [-0.3, -0.25) is 14.3 Å². The molecule has 1 fully saturated rings. The Bertz CT molecular complexity index is 954. The van der Waals surface area contributed by atoms with Crippen LogP contribution in [0, 0.1) is 0 Å². The summed E-state index contributed by atoms with van der Waals surface area (Å²) in [5.74, 6) is -0.214. The van der Waals surface area contributed by atoms with Crippen molar-refractivity contribution in [3.63, 3.8) is 0 Å². The highest BCUT2D eigenvalue weighted by molar-refractivity contribution is 5.98. The van der Waals surface area contributed by atoms with E-state index >= 15 is 0 Å². The van der Waals surface area contributed by atoms with Crippen molar-refractivity contribution in [2.24, 2.45) is 0 Å². The molecule has 1 saturated heterocycles. The summed E-state index contributed by atoms with van der Waals surface area (Å²) < 4.78 is 1.82. The Hall–Kier alpha value is -3.41. The maximum absolute atomic E-state index is 13.2. The average Bonchev–Trinajstić information content (AvgIpc) is 3.23. The van der Waals surface area contributed by atoms with E-state index in [4.69, 9.17) is 0 Å². The summed E-state index contributed by atoms with van der Waals surface area (Å²) in [5.41, 5.74) is 2.63. The fourth-order valence-electron chi connectivity index (χ4n) is 3.55. The van der Waals surface area contributed by atoms with E-state index < -0.39 is 6.04 Å². The molecule has 1 N–H and O–H groups in total. The van der Waals surface area contributed by atoms with Gasteiger partial charge in [0.1, 0.15) is 6.04 Å². The SMILES string of the molecule is O=C1NCCN(C(=O)c2cccc(Cn3cccn3)c2)[C@@H]1Cc1ccccc1. The number of piperazine rings is 1. The fraction of sp³-hybridized carbons (Fsp3) is 0.227. The molecule has 0 bridgehead atoms. The first-order chi connectivity index (χ1) is 13.7. The molecule has 4 rings (SSSR count). The molecule has 1 aromatic heterocycles. The number of benzene rings is 2. The second kappa shape index (κ2) is 8.08. The molecule has 0 radical (unpaired) electrons. The minimum absolute atomic E-state index is 0.101. The lowest BCUT2D eigenvalue weighted by atomic mass is 10.0. The second-order valence-electron chi connectivity index (χ2n) is 6.90. The molecule has 2 amide bonds. The standard InChI is InChI=1S/C22H22N4O2/c27-21-20(15-17-6-2-1-3-7-17)26(13-11-23-21)22(28)19-9-4-8-18(14-19)16-25-12-5-10-24-25/h1-10,12,14,20H,11,13,15-16H2,(H,23,27)/t20-/m1/s1. The number of amides is 2. The van der Waals surface area contributed by atoms with Crippen LogP contribution >= 0.6 is 0 Å². The summed E-state index contributed by atoms with van der Waals surface area (Å²) in [6.07, 6.45) is 4.13. The third-order valence-corrected chi connectivity index (χ3v) is 4.94. The van der Waals surface area contributed by atoms with E-state index in [-0.39, 0.29) is 11.8 Å². The highest BCUT2D eigenvalue weighted by atomic mass is 16.2. The summed E-state index contributed by atoms with van der Waals surface area (Å²) in [5, 5.41) is 7.10. The van der Waals surface area contributed by atoms with Crippen LogP contribution in [0.3, 0.4) is 0 Å². The van der Waals surface area contributed by atoms with Gasteiger partial charge in [-0.1, -0.05) is 42.5 Å². The molecule has 0 spiro atoms. The van der Waals surface area contributed by atoms with Crippen LogP contribution in [0.2, 0.25) is 0 Å². The van der Waals surface area contributed by atoms with Gasteiger partial charge >= 0.3 is 0 Å². The van der Waals surface area contributed by atoms with Crippen molar-refractivity contribution in [2.45, 2.75) is 19.0 Å². The van der Waals surface area contributed by atoms with Crippen LogP contribution in [0.5, 0.6) is 0 Å². The fourth-order valence-corrected chi connectivity index (χ4v) is 3.55. The second-order valence-corrected chi connectivity index (χ2v) is 6.90. The molecule has 1 aliphatic heterocycles. The molecule has 1 aliphatic rings. The van der Waals surface area contributed by atoms with Crippen LogP contribution < -0.4 is 5.32 Å². The Morgan fingerprint density at radius 1 is 1.07 bits per heavy atom. The highest BCUT2D eigenvalue weighted by Gasteiger charge is 2.33. The first kappa shape index (κ1) is 18.0. The van der Waals surface area contributed by atoms with Gasteiger partial charge in [-0.2, -0.15) is 5.10 Å². The molecule has 0 saturated carbocycles. The van der Waals surface area contributed by atoms with E-state index in [1.54, 1.807) is 17.2 Å². The van der Waals surface area contributed by atoms with Crippen LogP contribution in [0.1, 0.15) is 21.5 Å². The summed E-state index contributed by atoms with van der Waals surface area (Å²) in [6.45, 7) is 1.58. The Kier molecular flexibility index (Phi) is 5.19. The number of hydrogen-bond donors (Lipinski definition) is 1. The Morgan fingerprint density at radius 3 is 2.68 bits per heavy atom. The summed E-state index contributed by atoms with van der Waals surface area (Å²) >= 11 is 0. The molecule has 0 unspecified atom stereocenters. The van der Waals surface area contributed by atoms with Gasteiger partial charge in [0, 0.05) is 37.5 Å². The van der Waals surface area contributed by atoms with Gasteiger partial charge in [-0.15, -0.1) is 0 Å². The monoisotopic (exact) mass is 374 g/mol. The zero-order valence-electron chi connectivity index (χ0n) is 15.5. The number of nitrogens with one attached hydrogen (secondary N) is 1. The summed E-state index contributed by atoms with van der Waals surface area (Å²) in [7, 11) is 0. The molecule has 1 atom stereocenters. The minimum Gasteiger partial charge on any atom is -0.353 e. The zero-order valence-corrected chi connectivity index (χ0v) is 15.5. The normalized spacial score (nSPS) is 16.6. The molecule has 2 aromatic carbocycles. The molecule has 28 heavy (non-hydrogen) atoms. The highest BCUT2D eigenvalue weighted by Crippen LogP contribution is 2.17. The molecule has 0 aliphatic carbocycles. The van der Waals surface area contributed by atoms with E-state index in [2.05, 4.69) is 10.4 Å². The van der Waals surface area contributed by atoms with Crippen molar-refractivity contribution in [1.29, 1.82) is 0 Å². The van der Waals surface area contributed by atoms with Crippen molar-refractivity contribution in [3.05, 3.63) is 89.7 Å². The number of nitrogens with zero attached hydrogens (tertiary/aromatic N) is 3. The van der Waals surface area contributed by atoms with Gasteiger partial charge in [0.05, 0.1) is 6.54 Å². The first-order valence-corrected chi connectivity index (χ1v) is 9.40. The van der Waals surface area contributed by atoms with Crippen molar-refractivity contribution in [2.75, 3.05) is 13.1 Å². The van der Waals surface area contributed by atoms with E-state index in [1.165, 1.54) is 0 Å². The molecule has 6 nitrogen and oxygen atoms in total. The van der Waals surface area contributed by atoms with E-state index in [9.17, 15) is 9.59 Å². The molecule has 142 valence electrons. The lowest BCUT2D eigenvalue weighted by molar-refractivity contribution is -0.127. The average molecular weight is 374 g/mol. The van der Waals surface area contributed by atoms with Crippen molar-refractivity contribution >= 4 is 11.8 Å². The Morgan fingerprint density at radius 2 is 1.89 bits per heavy atom. The molecule has 2 heterocycles. The molecule has 6 heteroatoms. The van der Waals surface area contributed by atoms with Gasteiger partial charge in [0.25, 0.3) is 5.91 Å².